The lowest BCUT2D eigenvalue weighted by atomic mass is 10.0. The molecule has 22 heavy (non-hydrogen) atoms. The highest BCUT2D eigenvalue weighted by atomic mass is 127. The van der Waals surface area contributed by atoms with E-state index in [0.29, 0.717) is 12.1 Å². The number of halogens is 1. The molecule has 0 spiro atoms. The van der Waals surface area contributed by atoms with E-state index in [1.54, 1.807) is 0 Å². The van der Waals surface area contributed by atoms with Crippen LogP contribution >= 0.6 is 24.0 Å². The molecule has 1 aliphatic heterocycles. The van der Waals surface area contributed by atoms with Crippen LogP contribution in [-0.2, 0) is 6.54 Å². The first-order valence-corrected chi connectivity index (χ1v) is 7.94. The SMILES string of the molecule is CN=C(NCc1ccccc1)NC1CCN(C(C)C)CC1.I. The second-order valence-electron chi connectivity index (χ2n) is 5.96. The predicted molar refractivity (Wildman–Crippen MR) is 105 cm³/mol. The second kappa shape index (κ2) is 10.0. The minimum Gasteiger partial charge on any atom is -0.354 e. The lowest BCUT2D eigenvalue weighted by molar-refractivity contribution is 0.167. The van der Waals surface area contributed by atoms with Crippen LogP contribution < -0.4 is 10.6 Å². The van der Waals surface area contributed by atoms with Gasteiger partial charge in [-0.15, -0.1) is 24.0 Å². The molecule has 2 N–H and O–H groups in total. The van der Waals surface area contributed by atoms with E-state index in [1.165, 1.54) is 31.5 Å². The van der Waals surface area contributed by atoms with Gasteiger partial charge in [0.2, 0.25) is 0 Å². The molecule has 0 atom stereocenters. The van der Waals surface area contributed by atoms with Crippen LogP contribution in [0.5, 0.6) is 0 Å². The van der Waals surface area contributed by atoms with Crippen molar-refractivity contribution in [2.75, 3.05) is 20.1 Å². The summed E-state index contributed by atoms with van der Waals surface area (Å²) in [7, 11) is 1.84. The Hall–Kier alpha value is -0.820. The van der Waals surface area contributed by atoms with Gasteiger partial charge in [0.15, 0.2) is 5.96 Å². The number of hydrogen-bond acceptors (Lipinski definition) is 2. The maximum Gasteiger partial charge on any atom is 0.191 e. The third kappa shape index (κ3) is 6.12. The normalized spacial score (nSPS) is 17.2. The van der Waals surface area contributed by atoms with Crippen molar-refractivity contribution in [2.24, 2.45) is 4.99 Å². The van der Waals surface area contributed by atoms with Crippen LogP contribution in [0, 0.1) is 0 Å². The minimum atomic E-state index is 0. The van der Waals surface area contributed by atoms with Crippen molar-refractivity contribution in [2.45, 2.75) is 45.3 Å². The highest BCUT2D eigenvalue weighted by Gasteiger charge is 2.21. The van der Waals surface area contributed by atoms with Gasteiger partial charge in [0.25, 0.3) is 0 Å². The van der Waals surface area contributed by atoms with Gasteiger partial charge in [0, 0.05) is 38.8 Å². The molecule has 1 aromatic rings. The highest BCUT2D eigenvalue weighted by molar-refractivity contribution is 14.0. The maximum absolute atomic E-state index is 4.33. The van der Waals surface area contributed by atoms with Crippen molar-refractivity contribution >= 4 is 29.9 Å². The molecule has 0 amide bonds. The summed E-state index contributed by atoms with van der Waals surface area (Å²) in [4.78, 5) is 6.87. The molecule has 1 saturated heterocycles. The third-order valence-corrected chi connectivity index (χ3v) is 4.13. The van der Waals surface area contributed by atoms with Gasteiger partial charge in [0.05, 0.1) is 0 Å². The van der Waals surface area contributed by atoms with Crippen molar-refractivity contribution in [3.8, 4) is 0 Å². The quantitative estimate of drug-likeness (QED) is 0.451. The topological polar surface area (TPSA) is 39.7 Å². The molecule has 1 fully saturated rings. The predicted octanol–water partition coefficient (Wildman–Crippen LogP) is 2.84. The van der Waals surface area contributed by atoms with E-state index >= 15 is 0 Å². The van der Waals surface area contributed by atoms with Gasteiger partial charge in [-0.1, -0.05) is 30.3 Å². The zero-order valence-corrected chi connectivity index (χ0v) is 16.2. The molecule has 1 aromatic carbocycles. The van der Waals surface area contributed by atoms with Crippen molar-refractivity contribution in [3.05, 3.63) is 35.9 Å². The minimum absolute atomic E-state index is 0. The fourth-order valence-corrected chi connectivity index (χ4v) is 2.73. The number of nitrogens with one attached hydrogen (secondary N) is 2. The summed E-state index contributed by atoms with van der Waals surface area (Å²) in [6.07, 6.45) is 2.37. The summed E-state index contributed by atoms with van der Waals surface area (Å²) in [5, 5.41) is 6.94. The first-order valence-electron chi connectivity index (χ1n) is 7.94. The lowest BCUT2D eigenvalue weighted by Crippen LogP contribution is -2.49. The Morgan fingerprint density at radius 2 is 1.86 bits per heavy atom. The Labute approximate surface area is 151 Å². The molecule has 0 bridgehead atoms. The number of aliphatic imine (C=N–C) groups is 1. The van der Waals surface area contributed by atoms with Crippen LogP contribution in [-0.4, -0.2) is 43.1 Å². The number of hydrogen-bond donors (Lipinski definition) is 2. The number of guanidine groups is 1. The molecule has 0 unspecified atom stereocenters. The van der Waals surface area contributed by atoms with E-state index in [-0.39, 0.29) is 24.0 Å². The number of piperidine rings is 1. The Bertz CT molecular complexity index is 439. The summed E-state index contributed by atoms with van der Waals surface area (Å²) in [6, 6.07) is 11.6. The molecule has 0 aliphatic carbocycles. The average Bonchev–Trinajstić information content (AvgIpc) is 2.53. The molecule has 124 valence electrons. The maximum atomic E-state index is 4.33. The second-order valence-corrected chi connectivity index (χ2v) is 5.96. The Kier molecular flexibility index (Phi) is 8.78. The van der Waals surface area contributed by atoms with Gasteiger partial charge in [-0.2, -0.15) is 0 Å². The van der Waals surface area contributed by atoms with E-state index in [2.05, 4.69) is 58.6 Å². The molecular weight excluding hydrogens is 387 g/mol. The van der Waals surface area contributed by atoms with Crippen LogP contribution in [0.25, 0.3) is 0 Å². The smallest absolute Gasteiger partial charge is 0.191 e. The zero-order valence-electron chi connectivity index (χ0n) is 13.9. The standard InChI is InChI=1S/C17H28N4.HI/c1-14(2)21-11-9-16(10-12-21)20-17(18-3)19-13-15-7-5-4-6-8-15;/h4-8,14,16H,9-13H2,1-3H3,(H2,18,19,20);1H. The largest absolute Gasteiger partial charge is 0.354 e. The van der Waals surface area contributed by atoms with Crippen LogP contribution in [0.3, 0.4) is 0 Å². The molecule has 2 rings (SSSR count). The van der Waals surface area contributed by atoms with Crippen molar-refractivity contribution in [1.82, 2.24) is 15.5 Å². The van der Waals surface area contributed by atoms with Crippen LogP contribution in [0.4, 0.5) is 0 Å². The number of nitrogens with zero attached hydrogens (tertiary/aromatic N) is 2. The van der Waals surface area contributed by atoms with E-state index in [0.717, 1.165) is 12.5 Å². The summed E-state index contributed by atoms with van der Waals surface area (Å²) in [5.41, 5.74) is 1.27. The fourth-order valence-electron chi connectivity index (χ4n) is 2.73. The van der Waals surface area contributed by atoms with Gasteiger partial charge in [-0.05, 0) is 32.3 Å². The average molecular weight is 416 g/mol. The van der Waals surface area contributed by atoms with Crippen LogP contribution in [0.15, 0.2) is 35.3 Å². The van der Waals surface area contributed by atoms with Gasteiger partial charge in [-0.25, -0.2) is 0 Å². The zero-order chi connectivity index (χ0) is 15.1. The van der Waals surface area contributed by atoms with Gasteiger partial charge in [0.1, 0.15) is 0 Å². The van der Waals surface area contributed by atoms with E-state index in [4.69, 9.17) is 0 Å². The highest BCUT2D eigenvalue weighted by Crippen LogP contribution is 2.12. The Morgan fingerprint density at radius 3 is 2.41 bits per heavy atom. The van der Waals surface area contributed by atoms with Crippen molar-refractivity contribution in [3.63, 3.8) is 0 Å². The summed E-state index contributed by atoms with van der Waals surface area (Å²) >= 11 is 0. The summed E-state index contributed by atoms with van der Waals surface area (Å²) in [5.74, 6) is 0.904. The first-order chi connectivity index (χ1) is 10.2. The summed E-state index contributed by atoms with van der Waals surface area (Å²) < 4.78 is 0. The monoisotopic (exact) mass is 416 g/mol. The molecule has 0 saturated carbocycles. The lowest BCUT2D eigenvalue weighted by Gasteiger charge is -2.35. The van der Waals surface area contributed by atoms with Gasteiger partial charge >= 0.3 is 0 Å². The third-order valence-electron chi connectivity index (χ3n) is 4.13. The number of benzene rings is 1. The van der Waals surface area contributed by atoms with E-state index in [9.17, 15) is 0 Å². The molecule has 0 radical (unpaired) electrons. The van der Waals surface area contributed by atoms with Gasteiger partial charge < -0.3 is 15.5 Å². The van der Waals surface area contributed by atoms with Gasteiger partial charge in [-0.3, -0.25) is 4.99 Å². The van der Waals surface area contributed by atoms with E-state index < -0.39 is 0 Å². The number of likely N-dealkylation sites (tertiary alicyclic amines) is 1. The molecule has 4 nitrogen and oxygen atoms in total. The molecule has 5 heteroatoms. The van der Waals surface area contributed by atoms with Crippen LogP contribution in [0.2, 0.25) is 0 Å². The molecule has 1 heterocycles. The van der Waals surface area contributed by atoms with Crippen LogP contribution in [0.1, 0.15) is 32.3 Å². The van der Waals surface area contributed by atoms with Crippen molar-refractivity contribution < 1.29 is 0 Å². The first kappa shape index (κ1) is 19.2. The van der Waals surface area contributed by atoms with Crippen molar-refractivity contribution in [1.29, 1.82) is 0 Å². The molecular formula is C17H29IN4. The van der Waals surface area contributed by atoms with E-state index in [1.807, 2.05) is 13.1 Å². The number of rotatable bonds is 4. The summed E-state index contributed by atoms with van der Waals surface area (Å²) in [6.45, 7) is 7.70. The Balaban J connectivity index is 0.00000242. The molecule has 0 aromatic heterocycles. The fraction of sp³-hybridized carbons (Fsp3) is 0.588. The molecule has 1 aliphatic rings. The Morgan fingerprint density at radius 1 is 1.23 bits per heavy atom.